The fourth-order valence-electron chi connectivity index (χ4n) is 2.06. The second kappa shape index (κ2) is 6.39. The van der Waals surface area contributed by atoms with Crippen LogP contribution in [0.3, 0.4) is 0 Å². The molecule has 6 heteroatoms. The Kier molecular flexibility index (Phi) is 4.14. The molecule has 1 aromatic heterocycles. The smallest absolute Gasteiger partial charge is 0.254 e. The minimum Gasteiger partial charge on any atom is -0.348 e. The van der Waals surface area contributed by atoms with Gasteiger partial charge in [0.25, 0.3) is 5.91 Å². The van der Waals surface area contributed by atoms with Crippen LogP contribution < -0.4 is 5.32 Å². The molecule has 1 heterocycles. The lowest BCUT2D eigenvalue weighted by Crippen LogP contribution is -2.22. The predicted molar refractivity (Wildman–Crippen MR) is 81.1 cm³/mol. The van der Waals surface area contributed by atoms with E-state index in [0.717, 1.165) is 5.56 Å². The lowest BCUT2D eigenvalue weighted by Gasteiger charge is -2.03. The SMILES string of the molecule is O=C(NCc1ccc(F)cc1)c1cnn(-c2ccc(F)cc2)c1. The Bertz CT molecular complexity index is 811. The van der Waals surface area contributed by atoms with E-state index < -0.39 is 0 Å². The van der Waals surface area contributed by atoms with Gasteiger partial charge in [0.05, 0.1) is 17.4 Å². The molecular weight excluding hydrogens is 300 g/mol. The number of benzene rings is 2. The third-order valence-corrected chi connectivity index (χ3v) is 3.30. The zero-order valence-electron chi connectivity index (χ0n) is 12.0. The summed E-state index contributed by atoms with van der Waals surface area (Å²) in [6.07, 6.45) is 3.00. The zero-order chi connectivity index (χ0) is 16.2. The first-order chi connectivity index (χ1) is 11.1. The Labute approximate surface area is 131 Å². The van der Waals surface area contributed by atoms with Crippen LogP contribution in [-0.4, -0.2) is 15.7 Å². The molecule has 0 spiro atoms. The topological polar surface area (TPSA) is 46.9 Å². The molecule has 23 heavy (non-hydrogen) atoms. The van der Waals surface area contributed by atoms with Crippen LogP contribution in [0.2, 0.25) is 0 Å². The van der Waals surface area contributed by atoms with Crippen LogP contribution in [0.5, 0.6) is 0 Å². The molecular formula is C17H13F2N3O. The van der Waals surface area contributed by atoms with Gasteiger partial charge < -0.3 is 5.32 Å². The van der Waals surface area contributed by atoms with Gasteiger partial charge in [-0.1, -0.05) is 12.1 Å². The van der Waals surface area contributed by atoms with Gasteiger partial charge in [-0.2, -0.15) is 5.10 Å². The Morgan fingerprint density at radius 2 is 1.61 bits per heavy atom. The van der Waals surface area contributed by atoms with Gasteiger partial charge in [-0.25, -0.2) is 13.5 Å². The third-order valence-electron chi connectivity index (χ3n) is 3.30. The number of amides is 1. The van der Waals surface area contributed by atoms with Crippen LogP contribution in [0.25, 0.3) is 5.69 Å². The van der Waals surface area contributed by atoms with Crippen LogP contribution in [-0.2, 0) is 6.54 Å². The van der Waals surface area contributed by atoms with Crippen LogP contribution in [0, 0.1) is 11.6 Å². The molecule has 0 unspecified atom stereocenters. The predicted octanol–water partition coefficient (Wildman–Crippen LogP) is 3.08. The molecule has 116 valence electrons. The van der Waals surface area contributed by atoms with E-state index in [9.17, 15) is 13.6 Å². The van der Waals surface area contributed by atoms with E-state index in [4.69, 9.17) is 0 Å². The summed E-state index contributed by atoms with van der Waals surface area (Å²) in [6, 6.07) is 11.7. The van der Waals surface area contributed by atoms with E-state index in [1.54, 1.807) is 30.5 Å². The largest absolute Gasteiger partial charge is 0.348 e. The van der Waals surface area contributed by atoms with Gasteiger partial charge in [-0.3, -0.25) is 4.79 Å². The summed E-state index contributed by atoms with van der Waals surface area (Å²) in [5, 5.41) is 6.82. The number of nitrogens with one attached hydrogen (secondary N) is 1. The average Bonchev–Trinajstić information content (AvgIpc) is 3.05. The molecule has 0 saturated heterocycles. The minimum atomic E-state index is -0.335. The first-order valence-corrected chi connectivity index (χ1v) is 6.95. The van der Waals surface area contributed by atoms with Crippen molar-refractivity contribution in [3.63, 3.8) is 0 Å². The summed E-state index contributed by atoms with van der Waals surface area (Å²) in [5.41, 5.74) is 1.84. The average molecular weight is 313 g/mol. The first-order valence-electron chi connectivity index (χ1n) is 6.95. The molecule has 0 aliphatic rings. The Hall–Kier alpha value is -3.02. The first kappa shape index (κ1) is 14.9. The second-order valence-corrected chi connectivity index (χ2v) is 4.96. The Balaban J connectivity index is 1.66. The summed E-state index contributed by atoms with van der Waals surface area (Å²) in [7, 11) is 0. The molecule has 1 N–H and O–H groups in total. The highest BCUT2D eigenvalue weighted by molar-refractivity contribution is 5.93. The number of nitrogens with zero attached hydrogens (tertiary/aromatic N) is 2. The molecule has 3 aromatic rings. The van der Waals surface area contributed by atoms with E-state index in [-0.39, 0.29) is 17.5 Å². The summed E-state index contributed by atoms with van der Waals surface area (Å²) in [4.78, 5) is 12.1. The van der Waals surface area contributed by atoms with Crippen molar-refractivity contribution in [2.75, 3.05) is 0 Å². The van der Waals surface area contributed by atoms with Crippen molar-refractivity contribution >= 4 is 5.91 Å². The molecule has 0 aliphatic heterocycles. The van der Waals surface area contributed by atoms with Gasteiger partial charge in [0, 0.05) is 12.7 Å². The fraction of sp³-hybridized carbons (Fsp3) is 0.0588. The second-order valence-electron chi connectivity index (χ2n) is 4.96. The van der Waals surface area contributed by atoms with Crippen LogP contribution >= 0.6 is 0 Å². The van der Waals surface area contributed by atoms with Crippen molar-refractivity contribution in [2.45, 2.75) is 6.54 Å². The summed E-state index contributed by atoms with van der Waals surface area (Å²) >= 11 is 0. The molecule has 2 aromatic carbocycles. The molecule has 0 aliphatic carbocycles. The highest BCUT2D eigenvalue weighted by Gasteiger charge is 2.09. The number of hydrogen-bond donors (Lipinski definition) is 1. The van der Waals surface area contributed by atoms with Crippen LogP contribution in [0.4, 0.5) is 8.78 Å². The van der Waals surface area contributed by atoms with Crippen LogP contribution in [0.15, 0.2) is 60.9 Å². The molecule has 0 radical (unpaired) electrons. The lowest BCUT2D eigenvalue weighted by atomic mass is 10.2. The minimum absolute atomic E-state index is 0.289. The van der Waals surface area contributed by atoms with Crippen molar-refractivity contribution in [2.24, 2.45) is 0 Å². The molecule has 0 atom stereocenters. The third kappa shape index (κ3) is 3.60. The van der Waals surface area contributed by atoms with Gasteiger partial charge in [-0.15, -0.1) is 0 Å². The van der Waals surface area contributed by atoms with Crippen LogP contribution in [0.1, 0.15) is 15.9 Å². The van der Waals surface area contributed by atoms with E-state index in [2.05, 4.69) is 10.4 Å². The van der Waals surface area contributed by atoms with Crippen molar-refractivity contribution in [1.29, 1.82) is 0 Å². The van der Waals surface area contributed by atoms with Crippen molar-refractivity contribution in [1.82, 2.24) is 15.1 Å². The fourth-order valence-corrected chi connectivity index (χ4v) is 2.06. The molecule has 0 fully saturated rings. The zero-order valence-corrected chi connectivity index (χ0v) is 12.0. The number of aromatic nitrogens is 2. The number of carbonyl (C=O) groups excluding carboxylic acids is 1. The van der Waals surface area contributed by atoms with Crippen molar-refractivity contribution < 1.29 is 13.6 Å². The maximum atomic E-state index is 12.9. The van der Waals surface area contributed by atoms with Crippen molar-refractivity contribution in [3.8, 4) is 5.69 Å². The van der Waals surface area contributed by atoms with E-state index in [1.807, 2.05) is 0 Å². The van der Waals surface area contributed by atoms with Gasteiger partial charge in [0.2, 0.25) is 0 Å². The van der Waals surface area contributed by atoms with E-state index in [0.29, 0.717) is 17.8 Å². The van der Waals surface area contributed by atoms with Crippen molar-refractivity contribution in [3.05, 3.63) is 83.7 Å². The highest BCUT2D eigenvalue weighted by Crippen LogP contribution is 2.10. The molecule has 4 nitrogen and oxygen atoms in total. The molecule has 1 amide bonds. The van der Waals surface area contributed by atoms with Gasteiger partial charge in [-0.05, 0) is 42.0 Å². The molecule has 3 rings (SSSR count). The van der Waals surface area contributed by atoms with Gasteiger partial charge in [0.15, 0.2) is 0 Å². The Morgan fingerprint density at radius 1 is 1.00 bits per heavy atom. The number of hydrogen-bond acceptors (Lipinski definition) is 2. The maximum Gasteiger partial charge on any atom is 0.254 e. The van der Waals surface area contributed by atoms with Gasteiger partial charge >= 0.3 is 0 Å². The summed E-state index contributed by atoms with van der Waals surface area (Å²) < 4.78 is 27.2. The standard InChI is InChI=1S/C17H13F2N3O/c18-14-3-1-12(2-4-14)9-20-17(23)13-10-21-22(11-13)16-7-5-15(19)6-8-16/h1-8,10-11H,9H2,(H,20,23). The Morgan fingerprint density at radius 3 is 2.26 bits per heavy atom. The van der Waals surface area contributed by atoms with Gasteiger partial charge in [0.1, 0.15) is 11.6 Å². The van der Waals surface area contributed by atoms with E-state index in [1.165, 1.54) is 35.1 Å². The highest BCUT2D eigenvalue weighted by atomic mass is 19.1. The van der Waals surface area contributed by atoms with E-state index >= 15 is 0 Å². The normalized spacial score (nSPS) is 10.5. The number of rotatable bonds is 4. The molecule has 0 bridgehead atoms. The number of carbonyl (C=O) groups is 1. The quantitative estimate of drug-likeness (QED) is 0.804. The number of halogens is 2. The summed E-state index contributed by atoms with van der Waals surface area (Å²) in [5.74, 6) is -0.943. The summed E-state index contributed by atoms with van der Waals surface area (Å²) in [6.45, 7) is 0.293. The monoisotopic (exact) mass is 313 g/mol. The lowest BCUT2D eigenvalue weighted by molar-refractivity contribution is 0.0951. The maximum absolute atomic E-state index is 12.9. The molecule has 0 saturated carbocycles.